The first kappa shape index (κ1) is 32.1. The largest absolute Gasteiger partial charge is 0.507 e. The van der Waals surface area contributed by atoms with E-state index in [1.807, 2.05) is 0 Å². The third-order valence-electron chi connectivity index (χ3n) is 5.38. The van der Waals surface area contributed by atoms with Gasteiger partial charge in [0.25, 0.3) is 0 Å². The number of morpholine rings is 1. The summed E-state index contributed by atoms with van der Waals surface area (Å²) in [7, 11) is -5.14. The van der Waals surface area contributed by atoms with Crippen molar-refractivity contribution in [2.24, 2.45) is 0 Å². The van der Waals surface area contributed by atoms with Gasteiger partial charge < -0.3 is 16.2 Å². The van der Waals surface area contributed by atoms with Gasteiger partial charge in [0, 0.05) is 13.1 Å². The Labute approximate surface area is 185 Å². The highest BCUT2D eigenvalue weighted by Gasteiger charge is 2.11. The summed E-state index contributed by atoms with van der Waals surface area (Å²) in [5.41, 5.74) is 0. The molecule has 1 fully saturated rings. The van der Waals surface area contributed by atoms with Gasteiger partial charge in [0.05, 0.1) is 12.7 Å². The number of hydrogen-bond acceptors (Lipinski definition) is 4. The van der Waals surface area contributed by atoms with Crippen molar-refractivity contribution < 1.29 is 23.3 Å². The summed E-state index contributed by atoms with van der Waals surface area (Å²) in [5.74, 6) is 0. The van der Waals surface area contributed by atoms with Crippen LogP contribution in [0, 0.1) is 0 Å². The predicted octanol–water partition coefficient (Wildman–Crippen LogP) is 6.84. The number of halogens is 1. The lowest BCUT2D eigenvalue weighted by Gasteiger charge is -2.23. The number of hydrogen-bond donors (Lipinski definition) is 4. The van der Waals surface area contributed by atoms with Crippen molar-refractivity contribution in [1.29, 1.82) is 0 Å². The first-order valence-corrected chi connectivity index (χ1v) is 13.5. The number of unbranched alkanes of at least 4 members (excludes halogenated alkanes) is 15. The molecule has 0 bridgehead atoms. The highest BCUT2D eigenvalue weighted by Crippen LogP contribution is 2.35. The average Bonchev–Trinajstić information content (AvgIpc) is 2.67. The molecule has 30 heavy (non-hydrogen) atoms. The molecular formula is C22H50FN2O4P. The van der Waals surface area contributed by atoms with E-state index in [4.69, 9.17) is 19.1 Å². The second kappa shape index (κ2) is 23.6. The predicted molar refractivity (Wildman–Crippen MR) is 125 cm³/mol. The van der Waals surface area contributed by atoms with Crippen molar-refractivity contribution in [3.8, 4) is 0 Å². The lowest BCUT2D eigenvalue weighted by atomic mass is 10.0. The fourth-order valence-electron chi connectivity index (χ4n) is 3.73. The standard InChI is InChI=1S/C22H45NO.FH2O3P.H3N/c1-2-3-4-5-6-7-8-9-10-11-12-13-14-15-16-17-18-22-21-23-19-20-24-22;1-5(2,3)4;/h22-23H,2-21H2,1H3;(H2,2,3,4);1H3. The second-order valence-electron chi connectivity index (χ2n) is 8.26. The minimum absolute atomic E-state index is 0. The Balaban J connectivity index is 0. The van der Waals surface area contributed by atoms with Gasteiger partial charge in [-0.1, -0.05) is 110 Å². The van der Waals surface area contributed by atoms with Gasteiger partial charge in [-0.25, -0.2) is 4.57 Å². The molecule has 0 aromatic heterocycles. The quantitative estimate of drug-likeness (QED) is 0.141. The molecule has 1 atom stereocenters. The third-order valence-corrected chi connectivity index (χ3v) is 5.38. The third kappa shape index (κ3) is 30.2. The molecule has 1 rings (SSSR count). The van der Waals surface area contributed by atoms with Crippen LogP contribution in [0.15, 0.2) is 0 Å². The van der Waals surface area contributed by atoms with Gasteiger partial charge in [-0.3, -0.25) is 9.79 Å². The molecule has 0 aromatic rings. The van der Waals surface area contributed by atoms with Crippen LogP contribution in [-0.4, -0.2) is 35.6 Å². The van der Waals surface area contributed by atoms with Gasteiger partial charge >= 0.3 is 7.91 Å². The molecule has 0 aliphatic carbocycles. The number of nitrogens with one attached hydrogen (secondary N) is 1. The molecule has 1 heterocycles. The maximum atomic E-state index is 10.4. The van der Waals surface area contributed by atoms with Crippen molar-refractivity contribution in [2.75, 3.05) is 19.7 Å². The van der Waals surface area contributed by atoms with Crippen LogP contribution in [0.5, 0.6) is 0 Å². The topological polar surface area (TPSA) is 114 Å². The molecule has 1 aliphatic heterocycles. The van der Waals surface area contributed by atoms with E-state index in [1.54, 1.807) is 0 Å². The monoisotopic (exact) mass is 456 g/mol. The normalized spacial score (nSPS) is 16.5. The summed E-state index contributed by atoms with van der Waals surface area (Å²) in [5, 5.41) is 3.41. The molecule has 1 saturated heterocycles. The Morgan fingerprint density at radius 1 is 0.833 bits per heavy atom. The Kier molecular flexibility index (Phi) is 25.3. The van der Waals surface area contributed by atoms with E-state index in [0.29, 0.717) is 6.10 Å². The molecule has 0 spiro atoms. The average molecular weight is 457 g/mol. The van der Waals surface area contributed by atoms with Crippen LogP contribution in [0.2, 0.25) is 0 Å². The van der Waals surface area contributed by atoms with Gasteiger partial charge in [-0.05, 0) is 6.42 Å². The summed E-state index contributed by atoms with van der Waals surface area (Å²) in [6.45, 7) is 5.31. The molecular weight excluding hydrogens is 406 g/mol. The van der Waals surface area contributed by atoms with Crippen LogP contribution in [-0.2, 0) is 9.30 Å². The first-order valence-electron chi connectivity index (χ1n) is 12.0. The Hall–Kier alpha value is -0.0400. The molecule has 0 aromatic carbocycles. The fourth-order valence-corrected chi connectivity index (χ4v) is 3.73. The van der Waals surface area contributed by atoms with Crippen molar-refractivity contribution in [2.45, 2.75) is 122 Å². The minimum Gasteiger partial charge on any atom is -0.376 e. The van der Waals surface area contributed by atoms with Crippen LogP contribution in [0.25, 0.3) is 0 Å². The Morgan fingerprint density at radius 3 is 1.53 bits per heavy atom. The van der Waals surface area contributed by atoms with Crippen molar-refractivity contribution in [1.82, 2.24) is 11.5 Å². The number of ether oxygens (including phenoxy) is 1. The first-order chi connectivity index (χ1) is 13.9. The van der Waals surface area contributed by atoms with Gasteiger partial charge in [0.15, 0.2) is 0 Å². The second-order valence-corrected chi connectivity index (χ2v) is 9.21. The molecule has 1 unspecified atom stereocenters. The van der Waals surface area contributed by atoms with E-state index < -0.39 is 7.91 Å². The fraction of sp³-hybridized carbons (Fsp3) is 1.00. The summed E-state index contributed by atoms with van der Waals surface area (Å²) in [6.07, 6.45) is 24.9. The summed E-state index contributed by atoms with van der Waals surface area (Å²) in [4.78, 5) is 13.9. The molecule has 0 amide bonds. The molecule has 0 saturated carbocycles. The van der Waals surface area contributed by atoms with E-state index in [2.05, 4.69) is 12.2 Å². The minimum atomic E-state index is -5.14. The molecule has 8 heteroatoms. The molecule has 184 valence electrons. The number of rotatable bonds is 17. The zero-order valence-corrected chi connectivity index (χ0v) is 20.4. The summed E-state index contributed by atoms with van der Waals surface area (Å²) >= 11 is 0. The highest BCUT2D eigenvalue weighted by molar-refractivity contribution is 7.45. The maximum Gasteiger partial charge on any atom is 0.507 e. The van der Waals surface area contributed by atoms with Crippen LogP contribution in [0.3, 0.4) is 0 Å². The van der Waals surface area contributed by atoms with Crippen LogP contribution < -0.4 is 11.5 Å². The Morgan fingerprint density at radius 2 is 1.20 bits per heavy atom. The van der Waals surface area contributed by atoms with E-state index in [0.717, 1.165) is 19.7 Å². The molecule has 6 N–H and O–H groups in total. The summed E-state index contributed by atoms with van der Waals surface area (Å²) in [6, 6.07) is 0. The van der Waals surface area contributed by atoms with Crippen molar-refractivity contribution in [3.63, 3.8) is 0 Å². The van der Waals surface area contributed by atoms with E-state index >= 15 is 0 Å². The Bertz CT molecular complexity index is 372. The van der Waals surface area contributed by atoms with Crippen LogP contribution >= 0.6 is 7.91 Å². The summed E-state index contributed by atoms with van der Waals surface area (Å²) < 4.78 is 24.8. The smallest absolute Gasteiger partial charge is 0.376 e. The van der Waals surface area contributed by atoms with Gasteiger partial charge in [0.1, 0.15) is 0 Å². The zero-order valence-electron chi connectivity index (χ0n) is 19.5. The highest BCUT2D eigenvalue weighted by atomic mass is 31.2. The molecule has 0 radical (unpaired) electrons. The van der Waals surface area contributed by atoms with Gasteiger partial charge in [-0.15, -0.1) is 4.20 Å². The SMILES string of the molecule is CCCCCCCCCCCCCCCCCCC1CNCCO1.N.O=P(O)(O)F. The molecule has 6 nitrogen and oxygen atoms in total. The van der Waals surface area contributed by atoms with E-state index in [9.17, 15) is 4.20 Å². The van der Waals surface area contributed by atoms with E-state index in [1.165, 1.54) is 109 Å². The van der Waals surface area contributed by atoms with Gasteiger partial charge in [-0.2, -0.15) is 0 Å². The van der Waals surface area contributed by atoms with Gasteiger partial charge in [0.2, 0.25) is 0 Å². The van der Waals surface area contributed by atoms with E-state index in [-0.39, 0.29) is 6.15 Å². The maximum absolute atomic E-state index is 10.4. The van der Waals surface area contributed by atoms with Crippen molar-refractivity contribution in [3.05, 3.63) is 0 Å². The van der Waals surface area contributed by atoms with Crippen LogP contribution in [0.4, 0.5) is 4.20 Å². The lowest BCUT2D eigenvalue weighted by Crippen LogP contribution is -2.38. The zero-order chi connectivity index (χ0) is 21.6. The van der Waals surface area contributed by atoms with Crippen molar-refractivity contribution >= 4 is 7.91 Å². The lowest BCUT2D eigenvalue weighted by molar-refractivity contribution is 0.0220. The molecule has 1 aliphatic rings. The van der Waals surface area contributed by atoms with Crippen LogP contribution in [0.1, 0.15) is 116 Å².